The fourth-order valence-corrected chi connectivity index (χ4v) is 7.96. The number of para-hydroxylation sites is 1. The van der Waals surface area contributed by atoms with E-state index >= 15 is 0 Å². The molecule has 3 aromatic carbocycles. The van der Waals surface area contributed by atoms with Crippen molar-refractivity contribution < 1.29 is 18.8 Å². The van der Waals surface area contributed by atoms with E-state index in [0.717, 1.165) is 16.5 Å². The number of hydrogen-bond donors (Lipinski definition) is 6. The van der Waals surface area contributed by atoms with E-state index in [1.807, 2.05) is 30.5 Å². The number of likely N-dealkylation sites (N-methyl/N-ethyl adjacent to an activating group) is 1. The standard InChI is InChI=1S/C37H44Cl2FN7O3S/c1-47-32(17-22-19-43-29-8-3-2-7-27(22)29)36(49)45-21-24-15-25(38)18-28(39)34(24)51-33-12-11-26(40)16-23(33)20-44-30(10-6-14-42)35(48)46-31(37(47)50)9-4-5-13-41/h2-3,7-8,11-12,15-16,18-19,30-32,43-44H,4-6,9-10,13-14,17,20-21,41-42H2,1H3,(H,45,49)(H,46,48). The smallest absolute Gasteiger partial charge is 0.245 e. The Bertz CT molecular complexity index is 1860. The number of benzene rings is 3. The molecule has 0 saturated carbocycles. The summed E-state index contributed by atoms with van der Waals surface area (Å²) >= 11 is 14.5. The third-order valence-corrected chi connectivity index (χ3v) is 11.0. The molecule has 0 bridgehead atoms. The van der Waals surface area contributed by atoms with E-state index in [2.05, 4.69) is 20.9 Å². The van der Waals surface area contributed by atoms with Gasteiger partial charge < -0.3 is 37.3 Å². The van der Waals surface area contributed by atoms with Crippen LogP contribution in [0.25, 0.3) is 10.9 Å². The van der Waals surface area contributed by atoms with Gasteiger partial charge in [-0.05, 0) is 98.3 Å². The van der Waals surface area contributed by atoms with Gasteiger partial charge in [0.2, 0.25) is 17.7 Å². The minimum absolute atomic E-state index is 0.0560. The predicted molar refractivity (Wildman–Crippen MR) is 201 cm³/mol. The Labute approximate surface area is 311 Å². The monoisotopic (exact) mass is 755 g/mol. The van der Waals surface area contributed by atoms with Crippen LogP contribution in [0.2, 0.25) is 10.0 Å². The molecule has 3 unspecified atom stereocenters. The number of rotatable bonds is 9. The van der Waals surface area contributed by atoms with Crippen LogP contribution in [-0.2, 0) is 33.9 Å². The van der Waals surface area contributed by atoms with Crippen molar-refractivity contribution in [2.45, 2.75) is 79.5 Å². The van der Waals surface area contributed by atoms with Crippen LogP contribution in [0.1, 0.15) is 48.8 Å². The third kappa shape index (κ3) is 9.82. The minimum Gasteiger partial charge on any atom is -0.361 e. The number of hydrogen-bond acceptors (Lipinski definition) is 7. The second kappa shape index (κ2) is 18.2. The minimum atomic E-state index is -0.943. The van der Waals surface area contributed by atoms with Crippen LogP contribution < -0.4 is 27.4 Å². The molecule has 0 radical (unpaired) electrons. The van der Waals surface area contributed by atoms with Gasteiger partial charge in [0.15, 0.2) is 0 Å². The van der Waals surface area contributed by atoms with E-state index in [4.69, 9.17) is 34.7 Å². The number of fused-ring (bicyclic) bond motifs is 3. The third-order valence-electron chi connectivity index (χ3n) is 9.09. The number of carbonyl (C=O) groups is 3. The summed E-state index contributed by atoms with van der Waals surface area (Å²) in [6, 6.07) is 12.9. The summed E-state index contributed by atoms with van der Waals surface area (Å²) in [6.07, 6.45) is 4.55. The number of aromatic amines is 1. The molecule has 0 saturated heterocycles. The van der Waals surface area contributed by atoms with Gasteiger partial charge in [0.05, 0.1) is 11.1 Å². The highest BCUT2D eigenvalue weighted by molar-refractivity contribution is 7.99. The van der Waals surface area contributed by atoms with Gasteiger partial charge in [0.1, 0.15) is 17.9 Å². The van der Waals surface area contributed by atoms with Crippen LogP contribution in [0.4, 0.5) is 4.39 Å². The van der Waals surface area contributed by atoms with E-state index in [9.17, 15) is 18.8 Å². The molecular formula is C37H44Cl2FN7O3S. The lowest BCUT2D eigenvalue weighted by molar-refractivity contribution is -0.142. The molecule has 0 fully saturated rings. The number of halogens is 3. The van der Waals surface area contributed by atoms with Gasteiger partial charge in [-0.15, -0.1) is 0 Å². The molecule has 272 valence electrons. The van der Waals surface area contributed by atoms with Crippen molar-refractivity contribution in [2.24, 2.45) is 11.5 Å². The summed E-state index contributed by atoms with van der Waals surface area (Å²) in [5.74, 6) is -1.63. The Morgan fingerprint density at radius 3 is 2.45 bits per heavy atom. The predicted octanol–water partition coefficient (Wildman–Crippen LogP) is 5.28. The van der Waals surface area contributed by atoms with E-state index in [0.29, 0.717) is 76.2 Å². The summed E-state index contributed by atoms with van der Waals surface area (Å²) in [5, 5.41) is 11.0. The Morgan fingerprint density at radius 2 is 1.67 bits per heavy atom. The average Bonchev–Trinajstić information content (AvgIpc) is 3.52. The highest BCUT2D eigenvalue weighted by atomic mass is 35.5. The molecule has 3 atom stereocenters. The van der Waals surface area contributed by atoms with Crippen LogP contribution in [0, 0.1) is 5.82 Å². The lowest BCUT2D eigenvalue weighted by atomic mass is 10.0. The molecule has 1 aromatic heterocycles. The number of nitrogens with zero attached hydrogens (tertiary/aromatic N) is 1. The topological polar surface area (TPSA) is 158 Å². The summed E-state index contributed by atoms with van der Waals surface area (Å²) in [7, 11) is 1.59. The van der Waals surface area contributed by atoms with Gasteiger partial charge in [-0.3, -0.25) is 14.4 Å². The number of H-pyrrole nitrogens is 1. The molecular weight excluding hydrogens is 712 g/mol. The number of unbranched alkanes of at least 4 members (excludes halogenated alkanes) is 1. The number of carbonyl (C=O) groups excluding carboxylic acids is 3. The molecule has 10 nitrogen and oxygen atoms in total. The van der Waals surface area contributed by atoms with E-state index in [1.54, 1.807) is 25.2 Å². The van der Waals surface area contributed by atoms with Crippen LogP contribution in [0.3, 0.4) is 0 Å². The van der Waals surface area contributed by atoms with E-state index in [-0.39, 0.29) is 19.5 Å². The summed E-state index contributed by atoms with van der Waals surface area (Å²) in [5.41, 5.74) is 14.6. The van der Waals surface area contributed by atoms with Gasteiger partial charge in [-0.1, -0.05) is 53.2 Å². The molecule has 4 aromatic rings. The normalized spacial score (nSPS) is 19.3. The largest absolute Gasteiger partial charge is 0.361 e. The summed E-state index contributed by atoms with van der Waals surface area (Å²) < 4.78 is 14.6. The fraction of sp³-hybridized carbons (Fsp3) is 0.378. The number of nitrogens with one attached hydrogen (secondary N) is 4. The Balaban J connectivity index is 1.58. The first kappa shape index (κ1) is 38.6. The van der Waals surface area contributed by atoms with Crippen LogP contribution in [-0.4, -0.2) is 65.9 Å². The Morgan fingerprint density at radius 1 is 0.902 bits per heavy atom. The summed E-state index contributed by atoms with van der Waals surface area (Å²) in [4.78, 5) is 48.5. The van der Waals surface area contributed by atoms with Gasteiger partial charge in [-0.25, -0.2) is 4.39 Å². The Kier molecular flexibility index (Phi) is 13.8. The molecule has 14 heteroatoms. The van der Waals surface area contributed by atoms with Gasteiger partial charge in [0, 0.05) is 58.5 Å². The molecule has 5 rings (SSSR count). The fourth-order valence-electron chi connectivity index (χ4n) is 6.27. The van der Waals surface area contributed by atoms with Crippen molar-refractivity contribution in [3.63, 3.8) is 0 Å². The van der Waals surface area contributed by atoms with E-state index < -0.39 is 41.7 Å². The van der Waals surface area contributed by atoms with Gasteiger partial charge >= 0.3 is 0 Å². The zero-order chi connectivity index (χ0) is 36.5. The lowest BCUT2D eigenvalue weighted by Gasteiger charge is -2.32. The number of aromatic nitrogens is 1. The quantitative estimate of drug-likeness (QED) is 0.127. The average molecular weight is 757 g/mol. The van der Waals surface area contributed by atoms with Crippen molar-refractivity contribution in [3.05, 3.63) is 93.3 Å². The van der Waals surface area contributed by atoms with Gasteiger partial charge in [0.25, 0.3) is 0 Å². The van der Waals surface area contributed by atoms with Crippen molar-refractivity contribution in [1.29, 1.82) is 0 Å². The molecule has 1 aliphatic rings. The SMILES string of the molecule is CN1C(=O)C(CCCCN)NC(=O)C(CCCN)NCc2cc(F)ccc2Sc2c(Cl)cc(Cl)cc2CNC(=O)C1Cc1c[nH]c2ccccc12. The van der Waals surface area contributed by atoms with Crippen molar-refractivity contribution >= 4 is 63.6 Å². The maximum absolute atomic E-state index is 14.6. The lowest BCUT2D eigenvalue weighted by Crippen LogP contribution is -2.57. The molecule has 8 N–H and O–H groups in total. The molecule has 51 heavy (non-hydrogen) atoms. The second-order valence-electron chi connectivity index (χ2n) is 12.7. The first-order valence-electron chi connectivity index (χ1n) is 17.1. The van der Waals surface area contributed by atoms with Crippen LogP contribution >= 0.6 is 35.0 Å². The molecule has 1 aliphatic heterocycles. The number of nitrogens with two attached hydrogens (primary N) is 2. The van der Waals surface area contributed by atoms with Crippen LogP contribution in [0.15, 0.2) is 70.6 Å². The molecule has 0 spiro atoms. The first-order chi connectivity index (χ1) is 24.6. The summed E-state index contributed by atoms with van der Waals surface area (Å²) in [6.45, 7) is 0.996. The van der Waals surface area contributed by atoms with Crippen molar-refractivity contribution in [2.75, 3.05) is 20.1 Å². The highest BCUT2D eigenvalue weighted by Crippen LogP contribution is 2.40. The van der Waals surface area contributed by atoms with Gasteiger partial charge in [-0.2, -0.15) is 0 Å². The van der Waals surface area contributed by atoms with E-state index in [1.165, 1.54) is 28.8 Å². The zero-order valence-corrected chi connectivity index (χ0v) is 30.8. The molecule has 2 heterocycles. The Hall–Kier alpha value is -3.65. The zero-order valence-electron chi connectivity index (χ0n) is 28.4. The molecule has 3 amide bonds. The highest BCUT2D eigenvalue weighted by Gasteiger charge is 2.34. The molecule has 0 aliphatic carbocycles. The van der Waals surface area contributed by atoms with Crippen molar-refractivity contribution in [1.82, 2.24) is 25.8 Å². The van der Waals surface area contributed by atoms with Crippen LogP contribution in [0.5, 0.6) is 0 Å². The maximum atomic E-state index is 14.6. The second-order valence-corrected chi connectivity index (χ2v) is 14.6. The maximum Gasteiger partial charge on any atom is 0.245 e. The number of amides is 3. The first-order valence-corrected chi connectivity index (χ1v) is 18.6. The van der Waals surface area contributed by atoms with Crippen molar-refractivity contribution in [3.8, 4) is 0 Å².